The first-order valence-corrected chi connectivity index (χ1v) is 10.3. The molecule has 0 saturated carbocycles. The maximum Gasteiger partial charge on any atom is 0.274 e. The Kier molecular flexibility index (Phi) is 5.15. The molecule has 1 aliphatic heterocycles. The molecule has 1 amide bonds. The van der Waals surface area contributed by atoms with Crippen LogP contribution >= 0.6 is 11.6 Å². The van der Waals surface area contributed by atoms with Crippen molar-refractivity contribution in [1.29, 1.82) is 0 Å². The van der Waals surface area contributed by atoms with Crippen molar-refractivity contribution in [1.82, 2.24) is 9.97 Å². The highest BCUT2D eigenvalue weighted by atomic mass is 35.5. The number of aryl methyl sites for hydroxylation is 1. The molecule has 1 saturated heterocycles. The van der Waals surface area contributed by atoms with Crippen LogP contribution in [0.15, 0.2) is 30.3 Å². The van der Waals surface area contributed by atoms with Crippen molar-refractivity contribution in [2.45, 2.75) is 19.4 Å². The summed E-state index contributed by atoms with van der Waals surface area (Å²) >= 11 is 5.93. The minimum Gasteiger partial charge on any atom is -0.356 e. The van der Waals surface area contributed by atoms with Crippen LogP contribution in [0.4, 0.5) is 11.5 Å². The van der Waals surface area contributed by atoms with Gasteiger partial charge in [-0.1, -0.05) is 17.7 Å². The summed E-state index contributed by atoms with van der Waals surface area (Å²) in [5, 5.41) is 3.27. The van der Waals surface area contributed by atoms with Crippen molar-refractivity contribution in [3.8, 4) is 0 Å². The summed E-state index contributed by atoms with van der Waals surface area (Å²) in [5.41, 5.74) is 0.774. The van der Waals surface area contributed by atoms with Crippen LogP contribution in [0.2, 0.25) is 5.02 Å². The van der Waals surface area contributed by atoms with E-state index in [1.54, 1.807) is 49.2 Å². The molecule has 7 nitrogen and oxygen atoms in total. The van der Waals surface area contributed by atoms with Crippen molar-refractivity contribution in [3.63, 3.8) is 0 Å². The number of anilines is 2. The van der Waals surface area contributed by atoms with E-state index in [1.165, 1.54) is 0 Å². The molecule has 9 heteroatoms. The molecule has 0 spiro atoms. The summed E-state index contributed by atoms with van der Waals surface area (Å²) in [6.07, 6.45) is 0.548. The third kappa shape index (κ3) is 4.31. The summed E-state index contributed by atoms with van der Waals surface area (Å²) in [5.74, 6) is 0.846. The topological polar surface area (TPSA) is 92.3 Å². The number of hydrogen-bond donors (Lipinski definition) is 1. The van der Waals surface area contributed by atoms with Crippen molar-refractivity contribution in [2.75, 3.05) is 28.8 Å². The molecule has 138 valence electrons. The van der Waals surface area contributed by atoms with Crippen LogP contribution in [-0.2, 0) is 9.84 Å². The summed E-state index contributed by atoms with van der Waals surface area (Å²) in [6.45, 7) is 1.69. The molecular formula is C17H19ClN4O3S. The largest absolute Gasteiger partial charge is 0.356 e. The number of sulfone groups is 1. The lowest BCUT2D eigenvalue weighted by atomic mass is 10.2. The maximum absolute atomic E-state index is 12.5. The second-order valence-electron chi connectivity index (χ2n) is 6.29. The SMILES string of the molecule is Cc1nc(C(=O)Nc2cccc(Cl)c2)cc(N(C)C2CCS(=O)(=O)C2)n1. The quantitative estimate of drug-likeness (QED) is 0.855. The van der Waals surface area contributed by atoms with E-state index in [0.29, 0.717) is 28.8 Å². The minimum absolute atomic E-state index is 0.0938. The highest BCUT2D eigenvalue weighted by Gasteiger charge is 2.31. The smallest absolute Gasteiger partial charge is 0.274 e. The number of rotatable bonds is 4. The van der Waals surface area contributed by atoms with Gasteiger partial charge in [0.2, 0.25) is 0 Å². The maximum atomic E-state index is 12.5. The van der Waals surface area contributed by atoms with Crippen LogP contribution in [0.1, 0.15) is 22.7 Å². The normalized spacial score (nSPS) is 18.5. The minimum atomic E-state index is -3.01. The summed E-state index contributed by atoms with van der Waals surface area (Å²) < 4.78 is 23.4. The first-order chi connectivity index (χ1) is 12.2. The number of carbonyl (C=O) groups excluding carboxylic acids is 1. The lowest BCUT2D eigenvalue weighted by Gasteiger charge is -2.25. The van der Waals surface area contributed by atoms with Crippen molar-refractivity contribution in [2.24, 2.45) is 0 Å². The van der Waals surface area contributed by atoms with E-state index < -0.39 is 9.84 Å². The Morgan fingerprint density at radius 3 is 2.73 bits per heavy atom. The number of amides is 1. The first kappa shape index (κ1) is 18.6. The molecule has 0 radical (unpaired) electrons. The predicted molar refractivity (Wildman–Crippen MR) is 102 cm³/mol. The van der Waals surface area contributed by atoms with Crippen LogP contribution < -0.4 is 10.2 Å². The van der Waals surface area contributed by atoms with E-state index in [-0.39, 0.29) is 29.1 Å². The fourth-order valence-electron chi connectivity index (χ4n) is 2.88. The van der Waals surface area contributed by atoms with Crippen molar-refractivity contribution in [3.05, 3.63) is 46.9 Å². The summed E-state index contributed by atoms with van der Waals surface area (Å²) in [4.78, 5) is 22.9. The second-order valence-corrected chi connectivity index (χ2v) is 8.96. The summed E-state index contributed by atoms with van der Waals surface area (Å²) in [7, 11) is -1.22. The average molecular weight is 395 g/mol. The van der Waals surface area contributed by atoms with Gasteiger partial charge in [0.05, 0.1) is 11.5 Å². The Bertz CT molecular complexity index is 949. The van der Waals surface area contributed by atoms with E-state index >= 15 is 0 Å². The molecule has 2 heterocycles. The van der Waals surface area contributed by atoms with Crippen LogP contribution in [0, 0.1) is 6.92 Å². The summed E-state index contributed by atoms with van der Waals surface area (Å²) in [6, 6.07) is 8.24. The number of nitrogens with one attached hydrogen (secondary N) is 1. The molecule has 1 aliphatic rings. The highest BCUT2D eigenvalue weighted by Crippen LogP contribution is 2.22. The number of benzene rings is 1. The average Bonchev–Trinajstić information content (AvgIpc) is 2.93. The fraction of sp³-hybridized carbons (Fsp3) is 0.353. The predicted octanol–water partition coefficient (Wildman–Crippen LogP) is 2.31. The highest BCUT2D eigenvalue weighted by molar-refractivity contribution is 7.91. The Hall–Kier alpha value is -2.19. The van der Waals surface area contributed by atoms with Gasteiger partial charge in [0, 0.05) is 29.9 Å². The van der Waals surface area contributed by atoms with Crippen LogP contribution in [0.3, 0.4) is 0 Å². The molecule has 1 aromatic heterocycles. The van der Waals surface area contributed by atoms with E-state index in [4.69, 9.17) is 11.6 Å². The molecule has 2 aromatic rings. The third-order valence-electron chi connectivity index (χ3n) is 4.26. The Balaban J connectivity index is 1.82. The lowest BCUT2D eigenvalue weighted by Crippen LogP contribution is -2.33. The van der Waals surface area contributed by atoms with E-state index in [1.807, 2.05) is 0 Å². The van der Waals surface area contributed by atoms with Gasteiger partial charge in [-0.2, -0.15) is 0 Å². The molecule has 1 N–H and O–H groups in total. The van der Waals surface area contributed by atoms with Gasteiger partial charge in [-0.3, -0.25) is 4.79 Å². The van der Waals surface area contributed by atoms with E-state index in [9.17, 15) is 13.2 Å². The molecule has 1 atom stereocenters. The molecule has 0 aliphatic carbocycles. The molecule has 26 heavy (non-hydrogen) atoms. The Morgan fingerprint density at radius 1 is 1.31 bits per heavy atom. The number of hydrogen-bond acceptors (Lipinski definition) is 6. The van der Waals surface area contributed by atoms with E-state index in [0.717, 1.165) is 0 Å². The number of nitrogens with zero attached hydrogens (tertiary/aromatic N) is 3. The van der Waals surface area contributed by atoms with Crippen LogP contribution in [0.25, 0.3) is 0 Å². The van der Waals surface area contributed by atoms with Gasteiger partial charge in [0.15, 0.2) is 9.84 Å². The molecule has 3 rings (SSSR count). The molecule has 0 bridgehead atoms. The molecule has 1 fully saturated rings. The standard InChI is InChI=1S/C17H19ClN4O3S/c1-11-19-15(17(23)21-13-5-3-4-12(18)8-13)9-16(20-11)22(2)14-6-7-26(24,25)10-14/h3-5,8-9,14H,6-7,10H2,1-2H3,(H,21,23). The Morgan fingerprint density at radius 2 is 2.08 bits per heavy atom. The van der Waals surface area contributed by atoms with Gasteiger partial charge < -0.3 is 10.2 Å². The number of aromatic nitrogens is 2. The van der Waals surface area contributed by atoms with Crippen LogP contribution in [0.5, 0.6) is 0 Å². The number of halogens is 1. The zero-order valence-corrected chi connectivity index (χ0v) is 16.0. The fourth-order valence-corrected chi connectivity index (χ4v) is 4.84. The molecule has 1 unspecified atom stereocenters. The van der Waals surface area contributed by atoms with Gasteiger partial charge in [-0.25, -0.2) is 18.4 Å². The van der Waals surface area contributed by atoms with Gasteiger partial charge >= 0.3 is 0 Å². The monoisotopic (exact) mass is 394 g/mol. The van der Waals surface area contributed by atoms with E-state index in [2.05, 4.69) is 15.3 Å². The lowest BCUT2D eigenvalue weighted by molar-refractivity contribution is 0.102. The van der Waals surface area contributed by atoms with Gasteiger partial charge in [0.1, 0.15) is 17.3 Å². The van der Waals surface area contributed by atoms with Gasteiger partial charge in [0.25, 0.3) is 5.91 Å². The van der Waals surface area contributed by atoms with Crippen molar-refractivity contribution < 1.29 is 13.2 Å². The van der Waals surface area contributed by atoms with Crippen molar-refractivity contribution >= 4 is 38.9 Å². The second kappa shape index (κ2) is 7.20. The van der Waals surface area contributed by atoms with Crippen LogP contribution in [-0.4, -0.2) is 48.9 Å². The van der Waals surface area contributed by atoms with Gasteiger partial charge in [-0.05, 0) is 31.5 Å². The zero-order chi connectivity index (χ0) is 18.9. The molecular weight excluding hydrogens is 376 g/mol. The first-order valence-electron chi connectivity index (χ1n) is 8.09. The zero-order valence-electron chi connectivity index (χ0n) is 14.4. The van der Waals surface area contributed by atoms with Gasteiger partial charge in [-0.15, -0.1) is 0 Å². The molecule has 1 aromatic carbocycles. The number of carbonyl (C=O) groups is 1. The Labute approximate surface area is 157 Å². The third-order valence-corrected chi connectivity index (χ3v) is 6.24.